The Balaban J connectivity index is 1.34. The van der Waals surface area contributed by atoms with E-state index < -0.39 is 11.9 Å². The van der Waals surface area contributed by atoms with Gasteiger partial charge in [-0.25, -0.2) is 9.50 Å². The molecule has 3 heterocycles. The van der Waals surface area contributed by atoms with E-state index in [1.54, 1.807) is 4.90 Å². The minimum Gasteiger partial charge on any atom is -0.336 e. The van der Waals surface area contributed by atoms with Crippen molar-refractivity contribution in [1.82, 2.24) is 24.4 Å². The second-order valence-corrected chi connectivity index (χ2v) is 8.76. The molecule has 0 atom stereocenters. The van der Waals surface area contributed by atoms with E-state index in [4.69, 9.17) is 11.6 Å². The van der Waals surface area contributed by atoms with Crippen LogP contribution in [0.5, 0.6) is 0 Å². The summed E-state index contributed by atoms with van der Waals surface area (Å²) in [6, 6.07) is 8.70. The van der Waals surface area contributed by atoms with Crippen molar-refractivity contribution in [3.05, 3.63) is 64.1 Å². The molecule has 1 aliphatic heterocycles. The van der Waals surface area contributed by atoms with Crippen LogP contribution in [0.4, 0.5) is 13.2 Å². The average molecular weight is 464 g/mol. The molecule has 1 aliphatic carbocycles. The van der Waals surface area contributed by atoms with Crippen molar-refractivity contribution in [2.24, 2.45) is 0 Å². The molecule has 0 unspecified atom stereocenters. The predicted molar refractivity (Wildman–Crippen MR) is 113 cm³/mol. The van der Waals surface area contributed by atoms with Crippen molar-refractivity contribution in [1.29, 1.82) is 0 Å². The summed E-state index contributed by atoms with van der Waals surface area (Å²) in [5.74, 6) is -0.310. The number of hydrogen-bond acceptors (Lipinski definition) is 4. The van der Waals surface area contributed by atoms with E-state index in [0.29, 0.717) is 36.9 Å². The summed E-state index contributed by atoms with van der Waals surface area (Å²) in [7, 11) is 0. The number of carbonyl (C=O) groups excluding carboxylic acids is 1. The molecule has 2 aromatic heterocycles. The number of rotatable bonds is 4. The van der Waals surface area contributed by atoms with Crippen molar-refractivity contribution in [3.8, 4) is 0 Å². The number of fused-ring (bicyclic) bond motifs is 1. The molecule has 5 rings (SSSR count). The van der Waals surface area contributed by atoms with Gasteiger partial charge in [-0.2, -0.15) is 18.3 Å². The van der Waals surface area contributed by atoms with Gasteiger partial charge in [0, 0.05) is 49.4 Å². The van der Waals surface area contributed by atoms with Crippen molar-refractivity contribution in [2.75, 3.05) is 26.2 Å². The third-order valence-electron chi connectivity index (χ3n) is 5.99. The number of benzene rings is 1. The summed E-state index contributed by atoms with van der Waals surface area (Å²) in [5.41, 5.74) is 0.719. The van der Waals surface area contributed by atoms with Crippen LogP contribution >= 0.6 is 11.6 Å². The maximum absolute atomic E-state index is 13.6. The van der Waals surface area contributed by atoms with Gasteiger partial charge in [0.05, 0.1) is 6.20 Å². The van der Waals surface area contributed by atoms with Crippen molar-refractivity contribution < 1.29 is 18.0 Å². The van der Waals surface area contributed by atoms with Crippen LogP contribution in [0, 0.1) is 0 Å². The Morgan fingerprint density at radius 1 is 1.09 bits per heavy atom. The highest BCUT2D eigenvalue weighted by molar-refractivity contribution is 6.30. The molecule has 1 saturated heterocycles. The minimum absolute atomic E-state index is 0.0182. The van der Waals surface area contributed by atoms with Crippen molar-refractivity contribution >= 4 is 23.2 Å². The third-order valence-corrected chi connectivity index (χ3v) is 6.24. The first-order chi connectivity index (χ1) is 15.3. The molecule has 10 heteroatoms. The van der Waals surface area contributed by atoms with Crippen LogP contribution in [0.2, 0.25) is 5.02 Å². The number of halogens is 4. The van der Waals surface area contributed by atoms with Gasteiger partial charge in [0.2, 0.25) is 0 Å². The van der Waals surface area contributed by atoms with Crippen LogP contribution in [0.1, 0.15) is 46.1 Å². The van der Waals surface area contributed by atoms with Crippen LogP contribution in [-0.4, -0.2) is 56.5 Å². The summed E-state index contributed by atoms with van der Waals surface area (Å²) in [6.07, 6.45) is -1.75. The molecule has 32 heavy (non-hydrogen) atoms. The van der Waals surface area contributed by atoms with Gasteiger partial charge in [-0.05, 0) is 36.6 Å². The van der Waals surface area contributed by atoms with E-state index in [1.807, 2.05) is 24.3 Å². The molecule has 0 bridgehead atoms. The lowest BCUT2D eigenvalue weighted by Gasteiger charge is -2.34. The van der Waals surface area contributed by atoms with Crippen LogP contribution in [-0.2, 0) is 12.7 Å². The van der Waals surface area contributed by atoms with Gasteiger partial charge in [-0.15, -0.1) is 0 Å². The second-order valence-electron chi connectivity index (χ2n) is 8.33. The summed E-state index contributed by atoms with van der Waals surface area (Å²) in [5, 5.41) is 4.55. The lowest BCUT2D eigenvalue weighted by molar-refractivity contribution is -0.142. The Kier molecular flexibility index (Phi) is 5.33. The molecule has 2 aliphatic rings. The SMILES string of the molecule is O=C(c1cnn2c(C(F)(F)F)cc(C3CC3)nc12)N1CCN(Cc2ccc(Cl)cc2)CC1. The minimum atomic E-state index is -4.58. The molecule has 1 saturated carbocycles. The maximum Gasteiger partial charge on any atom is 0.433 e. The molecule has 0 N–H and O–H groups in total. The molecule has 6 nitrogen and oxygen atoms in total. The molecule has 0 spiro atoms. The standard InChI is InChI=1S/C22H21ClF3N5O/c23-16-5-1-14(2-6-16)13-29-7-9-30(10-8-29)21(32)17-12-27-31-19(22(24,25)26)11-18(15-3-4-15)28-20(17)31/h1-2,5-6,11-12,15H,3-4,7-10,13H2. The first-order valence-electron chi connectivity index (χ1n) is 10.5. The Hall–Kier alpha value is -2.65. The number of carbonyl (C=O) groups is 1. The number of nitrogens with zero attached hydrogens (tertiary/aromatic N) is 5. The normalized spacial score (nSPS) is 17.8. The fourth-order valence-corrected chi connectivity index (χ4v) is 4.18. The van der Waals surface area contributed by atoms with Gasteiger partial charge in [0.1, 0.15) is 11.3 Å². The topological polar surface area (TPSA) is 53.7 Å². The monoisotopic (exact) mass is 463 g/mol. The van der Waals surface area contributed by atoms with Gasteiger partial charge in [-0.1, -0.05) is 23.7 Å². The number of amides is 1. The summed E-state index contributed by atoms with van der Waals surface area (Å²) in [4.78, 5) is 21.4. The van der Waals surface area contributed by atoms with Crippen LogP contribution in [0.25, 0.3) is 5.65 Å². The van der Waals surface area contributed by atoms with E-state index in [1.165, 1.54) is 6.20 Å². The predicted octanol–water partition coefficient (Wildman–Crippen LogP) is 4.24. The summed E-state index contributed by atoms with van der Waals surface area (Å²) in [6.45, 7) is 3.05. The van der Waals surface area contributed by atoms with E-state index >= 15 is 0 Å². The van der Waals surface area contributed by atoms with Gasteiger partial charge >= 0.3 is 6.18 Å². The zero-order valence-electron chi connectivity index (χ0n) is 17.1. The Morgan fingerprint density at radius 3 is 2.41 bits per heavy atom. The molecule has 3 aromatic rings. The Labute approximate surface area is 187 Å². The van der Waals surface area contributed by atoms with E-state index in [2.05, 4.69) is 15.0 Å². The van der Waals surface area contributed by atoms with E-state index in [-0.39, 0.29) is 23.0 Å². The lowest BCUT2D eigenvalue weighted by atomic mass is 10.2. The second kappa shape index (κ2) is 8.04. The number of hydrogen-bond donors (Lipinski definition) is 0. The molecule has 2 fully saturated rings. The fourth-order valence-electron chi connectivity index (χ4n) is 4.05. The highest BCUT2D eigenvalue weighted by Crippen LogP contribution is 2.41. The van der Waals surface area contributed by atoms with Gasteiger partial charge in [-0.3, -0.25) is 9.69 Å². The lowest BCUT2D eigenvalue weighted by Crippen LogP contribution is -2.48. The largest absolute Gasteiger partial charge is 0.433 e. The van der Waals surface area contributed by atoms with Gasteiger partial charge in [0.15, 0.2) is 5.65 Å². The highest BCUT2D eigenvalue weighted by atomic mass is 35.5. The number of piperazine rings is 1. The third kappa shape index (κ3) is 4.19. The maximum atomic E-state index is 13.6. The van der Waals surface area contributed by atoms with Crippen LogP contribution in [0.3, 0.4) is 0 Å². The molecule has 1 amide bonds. The summed E-state index contributed by atoms with van der Waals surface area (Å²) < 4.78 is 41.5. The molecular formula is C22H21ClF3N5O. The zero-order valence-corrected chi connectivity index (χ0v) is 17.9. The fraction of sp³-hybridized carbons (Fsp3) is 0.409. The van der Waals surface area contributed by atoms with Crippen LogP contribution < -0.4 is 0 Å². The van der Waals surface area contributed by atoms with Crippen molar-refractivity contribution in [3.63, 3.8) is 0 Å². The highest BCUT2D eigenvalue weighted by Gasteiger charge is 2.38. The van der Waals surface area contributed by atoms with E-state index in [0.717, 1.165) is 35.5 Å². The van der Waals surface area contributed by atoms with Gasteiger partial charge < -0.3 is 4.90 Å². The Bertz CT molecular complexity index is 1150. The zero-order chi connectivity index (χ0) is 22.5. The van der Waals surface area contributed by atoms with E-state index in [9.17, 15) is 18.0 Å². The molecule has 0 radical (unpaired) electrons. The number of aromatic nitrogens is 3. The first kappa shape index (κ1) is 21.2. The summed E-state index contributed by atoms with van der Waals surface area (Å²) >= 11 is 5.93. The van der Waals surface area contributed by atoms with Crippen LogP contribution in [0.15, 0.2) is 36.5 Å². The number of alkyl halides is 3. The molecule has 1 aromatic carbocycles. The molecule has 168 valence electrons. The average Bonchev–Trinajstić information content (AvgIpc) is 3.53. The smallest absolute Gasteiger partial charge is 0.336 e. The van der Waals surface area contributed by atoms with Gasteiger partial charge in [0.25, 0.3) is 5.91 Å². The van der Waals surface area contributed by atoms with Crippen molar-refractivity contribution in [2.45, 2.75) is 31.5 Å². The first-order valence-corrected chi connectivity index (χ1v) is 10.9. The molecular weight excluding hydrogens is 443 g/mol. The quantitative estimate of drug-likeness (QED) is 0.581. The Morgan fingerprint density at radius 2 is 1.78 bits per heavy atom.